The van der Waals surface area contributed by atoms with Gasteiger partial charge in [-0.25, -0.2) is 0 Å². The van der Waals surface area contributed by atoms with Crippen molar-refractivity contribution < 1.29 is 33.8 Å². The van der Waals surface area contributed by atoms with Gasteiger partial charge in [-0.1, -0.05) is 86.2 Å². The minimum Gasteiger partial charge on any atom is -0.455 e. The van der Waals surface area contributed by atoms with Crippen molar-refractivity contribution in [1.29, 1.82) is 0 Å². The van der Waals surface area contributed by atoms with E-state index in [1.165, 1.54) is 4.90 Å². The molecule has 3 saturated heterocycles. The number of likely N-dealkylation sites (N-methyl/N-ethyl adjacent to an activating group) is 1. The molecule has 2 bridgehead atoms. The van der Waals surface area contributed by atoms with Gasteiger partial charge >= 0.3 is 5.97 Å². The van der Waals surface area contributed by atoms with Gasteiger partial charge in [-0.3, -0.25) is 19.2 Å². The molecule has 2 aromatic carbocycles. The Morgan fingerprint density at radius 2 is 1.74 bits per heavy atom. The lowest BCUT2D eigenvalue weighted by atomic mass is 9.70. The maximum atomic E-state index is 14.8. The first kappa shape index (κ1) is 37.0. The zero-order chi connectivity index (χ0) is 36.0. The van der Waals surface area contributed by atoms with E-state index in [0.717, 1.165) is 12.8 Å². The zero-order valence-corrected chi connectivity index (χ0v) is 29.5. The molecule has 10 nitrogen and oxygen atoms in total. The van der Waals surface area contributed by atoms with Crippen LogP contribution in [0.1, 0.15) is 75.6 Å². The first-order chi connectivity index (χ1) is 24.1. The van der Waals surface area contributed by atoms with E-state index in [9.17, 15) is 24.3 Å². The Bertz CT molecular complexity index is 1530. The molecule has 8 atom stereocenters. The second-order valence-corrected chi connectivity index (χ2v) is 13.7. The number of hydrogen-bond acceptors (Lipinski definition) is 7. The third-order valence-electron chi connectivity index (χ3n) is 10.8. The predicted molar refractivity (Wildman–Crippen MR) is 189 cm³/mol. The molecule has 1 N–H and O–H groups in total. The number of esters is 1. The number of benzene rings is 2. The van der Waals surface area contributed by atoms with Crippen molar-refractivity contribution in [3.63, 3.8) is 0 Å². The molecule has 3 fully saturated rings. The summed E-state index contributed by atoms with van der Waals surface area (Å²) in [6.45, 7) is 11.8. The Kier molecular flexibility index (Phi) is 12.0. The number of hydrogen-bond donors (Lipinski definition) is 1. The SMILES string of the molecule is C=CCCC(=O)N(C)[C@H](C)[C@H](OC(=O)[C@@H]1[C@@H]2CC[C@]3(O2)[C@H](C(=O)N(CC=C)CCCC)N([C@H](CO)c2ccccc2)C(=O)[C@@H]13)c1ccccc1. The molecule has 50 heavy (non-hydrogen) atoms. The second-order valence-electron chi connectivity index (χ2n) is 13.7. The van der Waals surface area contributed by atoms with E-state index in [4.69, 9.17) is 9.47 Å². The summed E-state index contributed by atoms with van der Waals surface area (Å²) in [5.41, 5.74) is 0.113. The molecule has 0 radical (unpaired) electrons. The Hall–Kier alpha value is -4.28. The van der Waals surface area contributed by atoms with Gasteiger partial charge in [0.1, 0.15) is 17.7 Å². The van der Waals surface area contributed by atoms with Crippen LogP contribution in [0.5, 0.6) is 0 Å². The molecule has 0 saturated carbocycles. The summed E-state index contributed by atoms with van der Waals surface area (Å²) < 4.78 is 13.0. The van der Waals surface area contributed by atoms with Crippen molar-refractivity contribution in [2.24, 2.45) is 11.8 Å². The number of aliphatic hydroxyl groups excluding tert-OH is 1. The van der Waals surface area contributed by atoms with Crippen molar-refractivity contribution in [1.82, 2.24) is 14.7 Å². The van der Waals surface area contributed by atoms with E-state index in [-0.39, 0.29) is 24.8 Å². The molecule has 1 spiro atoms. The van der Waals surface area contributed by atoms with Crippen LogP contribution in [0.2, 0.25) is 0 Å². The van der Waals surface area contributed by atoms with E-state index in [2.05, 4.69) is 13.2 Å². The van der Waals surface area contributed by atoms with Gasteiger partial charge in [-0.2, -0.15) is 0 Å². The molecular formula is C40H51N3O7. The molecule has 3 amide bonds. The predicted octanol–water partition coefficient (Wildman–Crippen LogP) is 5.01. The number of aliphatic hydroxyl groups is 1. The largest absolute Gasteiger partial charge is 0.455 e. The van der Waals surface area contributed by atoms with E-state index in [1.807, 2.05) is 74.5 Å². The van der Waals surface area contributed by atoms with E-state index in [1.54, 1.807) is 29.0 Å². The minimum atomic E-state index is -1.28. The lowest BCUT2D eigenvalue weighted by molar-refractivity contribution is -0.165. The van der Waals surface area contributed by atoms with Crippen molar-refractivity contribution in [3.8, 4) is 0 Å². The van der Waals surface area contributed by atoms with Crippen LogP contribution in [0, 0.1) is 11.8 Å². The molecule has 3 heterocycles. The number of unbranched alkanes of at least 4 members (excludes halogenated alkanes) is 1. The summed E-state index contributed by atoms with van der Waals surface area (Å²) in [5, 5.41) is 10.8. The van der Waals surface area contributed by atoms with Gasteiger partial charge in [0, 0.05) is 26.6 Å². The number of ether oxygens (including phenoxy) is 2. The average molecular weight is 686 g/mol. The summed E-state index contributed by atoms with van der Waals surface area (Å²) >= 11 is 0. The molecule has 3 aliphatic rings. The fourth-order valence-electron chi connectivity index (χ4n) is 8.10. The van der Waals surface area contributed by atoms with E-state index in [0.29, 0.717) is 36.9 Å². The first-order valence-corrected chi connectivity index (χ1v) is 17.8. The minimum absolute atomic E-state index is 0.109. The van der Waals surface area contributed by atoms with Gasteiger partial charge in [0.05, 0.1) is 36.6 Å². The van der Waals surface area contributed by atoms with Crippen LogP contribution < -0.4 is 0 Å². The van der Waals surface area contributed by atoms with Crippen LogP contribution in [-0.4, -0.2) is 94.0 Å². The molecule has 10 heteroatoms. The smallest absolute Gasteiger partial charge is 0.313 e. The zero-order valence-electron chi connectivity index (χ0n) is 29.5. The highest BCUT2D eigenvalue weighted by atomic mass is 16.6. The van der Waals surface area contributed by atoms with Crippen molar-refractivity contribution in [2.75, 3.05) is 26.7 Å². The third kappa shape index (κ3) is 6.88. The number of fused-ring (bicyclic) bond motifs is 1. The maximum absolute atomic E-state index is 14.8. The number of nitrogens with zero attached hydrogens (tertiary/aromatic N) is 3. The van der Waals surface area contributed by atoms with Gasteiger partial charge in [-0.05, 0) is 43.7 Å². The molecule has 0 aromatic heterocycles. The fraction of sp³-hybridized carbons (Fsp3) is 0.500. The van der Waals surface area contributed by atoms with Crippen LogP contribution in [0.3, 0.4) is 0 Å². The molecular weight excluding hydrogens is 634 g/mol. The third-order valence-corrected chi connectivity index (χ3v) is 10.8. The highest BCUT2D eigenvalue weighted by Crippen LogP contribution is 2.60. The number of allylic oxidation sites excluding steroid dienone is 1. The van der Waals surface area contributed by atoms with E-state index >= 15 is 0 Å². The molecule has 2 aromatic rings. The number of rotatable bonds is 17. The van der Waals surface area contributed by atoms with Gasteiger partial charge < -0.3 is 29.3 Å². The Morgan fingerprint density at radius 3 is 2.34 bits per heavy atom. The molecule has 268 valence electrons. The van der Waals surface area contributed by atoms with Crippen molar-refractivity contribution in [2.45, 2.75) is 88.3 Å². The second kappa shape index (κ2) is 16.2. The molecule has 5 rings (SSSR count). The summed E-state index contributed by atoms with van der Waals surface area (Å²) in [4.78, 5) is 61.8. The van der Waals surface area contributed by atoms with Gasteiger partial charge in [0.15, 0.2) is 0 Å². The standard InChI is InChI=1S/C40H51N3O7/c1-6-9-21-32(45)41(5)27(4)35(29-19-15-12-16-20-29)49-39(48)33-31-22-23-40(50-31)34(33)37(46)43(30(26-44)28-17-13-11-14-18-28)36(40)38(47)42(24-8-3)25-10-7-2/h6,8,11-20,27,30-31,33-36,44H,1,3,7,9-10,21-26H2,2,4-5H3/t27-,30-,31+,33-,34-,35+,36+,40-/m1/s1. The average Bonchev–Trinajstić information content (AvgIpc) is 3.79. The summed E-state index contributed by atoms with van der Waals surface area (Å²) in [6.07, 6.45) is 5.22. The lowest BCUT2D eigenvalue weighted by Crippen LogP contribution is -2.57. The molecule has 3 aliphatic heterocycles. The molecule has 0 aliphatic carbocycles. The number of likely N-dealkylation sites (tertiary alicyclic amines) is 1. The van der Waals surface area contributed by atoms with Crippen molar-refractivity contribution in [3.05, 3.63) is 97.1 Å². The Labute approximate surface area is 295 Å². The normalized spacial score (nSPS) is 25.4. The van der Waals surface area contributed by atoms with Gasteiger partial charge in [0.2, 0.25) is 17.7 Å². The maximum Gasteiger partial charge on any atom is 0.313 e. The monoisotopic (exact) mass is 685 g/mol. The van der Waals surface area contributed by atoms with Crippen LogP contribution in [0.4, 0.5) is 0 Å². The van der Waals surface area contributed by atoms with Crippen LogP contribution in [0.25, 0.3) is 0 Å². The highest BCUT2D eigenvalue weighted by Gasteiger charge is 2.76. The van der Waals surface area contributed by atoms with Gasteiger partial charge in [-0.15, -0.1) is 13.2 Å². The Balaban J connectivity index is 1.53. The van der Waals surface area contributed by atoms with Crippen LogP contribution in [0.15, 0.2) is 86.0 Å². The number of carbonyl (C=O) groups is 4. The molecule has 0 unspecified atom stereocenters. The highest BCUT2D eigenvalue weighted by molar-refractivity contribution is 5.98. The summed E-state index contributed by atoms with van der Waals surface area (Å²) in [5.74, 6) is -3.38. The quantitative estimate of drug-likeness (QED) is 0.184. The fourth-order valence-corrected chi connectivity index (χ4v) is 8.10. The topological polar surface area (TPSA) is 117 Å². The van der Waals surface area contributed by atoms with Crippen LogP contribution in [-0.2, 0) is 28.7 Å². The lowest BCUT2D eigenvalue weighted by Gasteiger charge is -2.39. The first-order valence-electron chi connectivity index (χ1n) is 17.8. The Morgan fingerprint density at radius 1 is 1.08 bits per heavy atom. The van der Waals surface area contributed by atoms with Crippen molar-refractivity contribution >= 4 is 23.7 Å². The van der Waals surface area contributed by atoms with Crippen LogP contribution >= 0.6 is 0 Å². The number of carbonyl (C=O) groups excluding carboxylic acids is 4. The number of amides is 3. The van der Waals surface area contributed by atoms with E-state index < -0.39 is 66.3 Å². The summed E-state index contributed by atoms with van der Waals surface area (Å²) in [6, 6.07) is 16.0. The van der Waals surface area contributed by atoms with Gasteiger partial charge in [0.25, 0.3) is 0 Å². The summed E-state index contributed by atoms with van der Waals surface area (Å²) in [7, 11) is 1.69.